The smallest absolute Gasteiger partial charge is 0.225 e. The van der Waals surface area contributed by atoms with Crippen LogP contribution in [-0.4, -0.2) is 17.1 Å². The molecule has 1 heterocycles. The van der Waals surface area contributed by atoms with Gasteiger partial charge in [0.15, 0.2) is 0 Å². The SMILES string of the molecule is COc1cc(Nc2ccc(Br)cc2Cl)nc(N)n1. The van der Waals surface area contributed by atoms with E-state index >= 15 is 0 Å². The van der Waals surface area contributed by atoms with Gasteiger partial charge in [0.05, 0.1) is 17.8 Å². The maximum Gasteiger partial charge on any atom is 0.225 e. The lowest BCUT2D eigenvalue weighted by molar-refractivity contribution is 0.398. The third kappa shape index (κ3) is 3.02. The first-order chi connectivity index (χ1) is 8.58. The highest BCUT2D eigenvalue weighted by atomic mass is 79.9. The molecule has 0 atom stereocenters. The van der Waals surface area contributed by atoms with E-state index in [1.54, 1.807) is 12.1 Å². The normalized spacial score (nSPS) is 10.2. The van der Waals surface area contributed by atoms with Gasteiger partial charge < -0.3 is 15.8 Å². The van der Waals surface area contributed by atoms with Gasteiger partial charge in [-0.3, -0.25) is 0 Å². The minimum Gasteiger partial charge on any atom is -0.481 e. The van der Waals surface area contributed by atoms with Crippen molar-refractivity contribution in [3.05, 3.63) is 33.8 Å². The molecule has 0 bridgehead atoms. The van der Waals surface area contributed by atoms with Gasteiger partial charge in [-0.2, -0.15) is 9.97 Å². The van der Waals surface area contributed by atoms with Crippen LogP contribution < -0.4 is 15.8 Å². The van der Waals surface area contributed by atoms with Gasteiger partial charge in [-0.05, 0) is 18.2 Å². The van der Waals surface area contributed by atoms with Crippen molar-refractivity contribution in [3.63, 3.8) is 0 Å². The molecular formula is C11H10BrClN4O. The second kappa shape index (κ2) is 5.41. The van der Waals surface area contributed by atoms with Crippen LogP contribution in [0.25, 0.3) is 0 Å². The molecule has 0 unspecified atom stereocenters. The van der Waals surface area contributed by atoms with Crippen LogP contribution in [0.5, 0.6) is 5.88 Å². The number of nitrogens with two attached hydrogens (primary N) is 1. The molecular weight excluding hydrogens is 320 g/mol. The monoisotopic (exact) mass is 328 g/mol. The van der Waals surface area contributed by atoms with Crippen LogP contribution in [0, 0.1) is 0 Å². The van der Waals surface area contributed by atoms with Crippen molar-refractivity contribution in [2.45, 2.75) is 0 Å². The average molecular weight is 330 g/mol. The number of hydrogen-bond donors (Lipinski definition) is 2. The van der Waals surface area contributed by atoms with Gasteiger partial charge in [-0.15, -0.1) is 0 Å². The van der Waals surface area contributed by atoms with Gasteiger partial charge in [0.25, 0.3) is 0 Å². The summed E-state index contributed by atoms with van der Waals surface area (Å²) in [6, 6.07) is 7.12. The highest BCUT2D eigenvalue weighted by molar-refractivity contribution is 9.10. The molecule has 7 heteroatoms. The van der Waals surface area contributed by atoms with Crippen LogP contribution in [0.3, 0.4) is 0 Å². The molecule has 18 heavy (non-hydrogen) atoms. The Morgan fingerprint density at radius 2 is 2.11 bits per heavy atom. The standard InChI is InChI=1S/C11H10BrClN4O/c1-18-10-5-9(16-11(14)17-10)15-8-3-2-6(12)4-7(8)13/h2-5H,1H3,(H3,14,15,16,17). The van der Waals surface area contributed by atoms with Crippen LogP contribution in [0.4, 0.5) is 17.5 Å². The lowest BCUT2D eigenvalue weighted by Crippen LogP contribution is -2.02. The summed E-state index contributed by atoms with van der Waals surface area (Å²) < 4.78 is 5.91. The molecule has 0 aliphatic heterocycles. The van der Waals surface area contributed by atoms with Gasteiger partial charge >= 0.3 is 0 Å². The maximum atomic E-state index is 6.09. The Balaban J connectivity index is 2.30. The number of nitrogens with one attached hydrogen (secondary N) is 1. The Labute approximate surface area is 117 Å². The van der Waals surface area contributed by atoms with Gasteiger partial charge in [-0.25, -0.2) is 0 Å². The lowest BCUT2D eigenvalue weighted by atomic mass is 10.3. The van der Waals surface area contributed by atoms with E-state index in [9.17, 15) is 0 Å². The predicted molar refractivity (Wildman–Crippen MR) is 75.4 cm³/mol. The third-order valence-corrected chi connectivity index (χ3v) is 2.93. The summed E-state index contributed by atoms with van der Waals surface area (Å²) in [4.78, 5) is 7.94. The number of aromatic nitrogens is 2. The quantitative estimate of drug-likeness (QED) is 0.904. The molecule has 0 aliphatic rings. The topological polar surface area (TPSA) is 73.1 Å². The van der Waals surface area contributed by atoms with E-state index in [1.807, 2.05) is 12.1 Å². The molecule has 5 nitrogen and oxygen atoms in total. The molecule has 1 aromatic carbocycles. The number of rotatable bonds is 3. The Bertz CT molecular complexity index is 579. The molecule has 0 saturated heterocycles. The van der Waals surface area contributed by atoms with Gasteiger partial charge in [0.1, 0.15) is 5.82 Å². The summed E-state index contributed by atoms with van der Waals surface area (Å²) in [5.74, 6) is 1.03. The zero-order valence-electron chi connectivity index (χ0n) is 9.45. The van der Waals surface area contributed by atoms with Crippen molar-refractivity contribution in [3.8, 4) is 5.88 Å². The second-order valence-corrected chi connectivity index (χ2v) is 4.73. The van der Waals surface area contributed by atoms with Crippen molar-refractivity contribution in [2.75, 3.05) is 18.2 Å². The number of anilines is 3. The fourth-order valence-electron chi connectivity index (χ4n) is 1.34. The first kappa shape index (κ1) is 12.9. The van der Waals surface area contributed by atoms with Crippen LogP contribution >= 0.6 is 27.5 Å². The zero-order chi connectivity index (χ0) is 13.1. The van der Waals surface area contributed by atoms with E-state index in [0.717, 1.165) is 10.2 Å². The Morgan fingerprint density at radius 3 is 2.78 bits per heavy atom. The molecule has 0 aliphatic carbocycles. The first-order valence-electron chi connectivity index (χ1n) is 4.99. The summed E-state index contributed by atoms with van der Waals surface area (Å²) in [5, 5.41) is 3.62. The Morgan fingerprint density at radius 1 is 1.33 bits per heavy atom. The van der Waals surface area contributed by atoms with Crippen molar-refractivity contribution in [1.29, 1.82) is 0 Å². The minimum absolute atomic E-state index is 0.130. The molecule has 2 rings (SSSR count). The van der Waals surface area contributed by atoms with E-state index in [1.165, 1.54) is 7.11 Å². The molecule has 3 N–H and O–H groups in total. The molecule has 0 saturated carbocycles. The summed E-state index contributed by atoms with van der Waals surface area (Å²) in [6.07, 6.45) is 0. The number of methoxy groups -OCH3 is 1. The van der Waals surface area contributed by atoms with E-state index in [-0.39, 0.29) is 5.95 Å². The van der Waals surface area contributed by atoms with Gasteiger partial charge in [0, 0.05) is 10.5 Å². The molecule has 0 radical (unpaired) electrons. The fraction of sp³-hybridized carbons (Fsp3) is 0.0909. The number of halogens is 2. The highest BCUT2D eigenvalue weighted by Crippen LogP contribution is 2.28. The van der Waals surface area contributed by atoms with Crippen molar-refractivity contribution < 1.29 is 4.74 Å². The van der Waals surface area contributed by atoms with Gasteiger partial charge in [-0.1, -0.05) is 27.5 Å². The molecule has 0 spiro atoms. The number of nitrogen functional groups attached to an aromatic ring is 1. The number of hydrogen-bond acceptors (Lipinski definition) is 5. The predicted octanol–water partition coefficient (Wildman–Crippen LogP) is 3.23. The average Bonchev–Trinajstić information content (AvgIpc) is 2.32. The minimum atomic E-state index is 0.130. The summed E-state index contributed by atoms with van der Waals surface area (Å²) in [5.41, 5.74) is 6.29. The highest BCUT2D eigenvalue weighted by Gasteiger charge is 2.05. The van der Waals surface area contributed by atoms with Crippen molar-refractivity contribution >= 4 is 45.0 Å². The van der Waals surface area contributed by atoms with E-state index < -0.39 is 0 Å². The summed E-state index contributed by atoms with van der Waals surface area (Å²) in [6.45, 7) is 0. The summed E-state index contributed by atoms with van der Waals surface area (Å²) in [7, 11) is 1.51. The van der Waals surface area contributed by atoms with Gasteiger partial charge in [0.2, 0.25) is 11.8 Å². The summed E-state index contributed by atoms with van der Waals surface area (Å²) >= 11 is 9.43. The van der Waals surface area contributed by atoms with Crippen molar-refractivity contribution in [1.82, 2.24) is 9.97 Å². The number of nitrogens with zero attached hydrogens (tertiary/aromatic N) is 2. The van der Waals surface area contributed by atoms with Crippen LogP contribution in [0.1, 0.15) is 0 Å². The molecule has 94 valence electrons. The lowest BCUT2D eigenvalue weighted by Gasteiger charge is -2.09. The maximum absolute atomic E-state index is 6.09. The number of ether oxygens (including phenoxy) is 1. The largest absolute Gasteiger partial charge is 0.481 e. The van der Waals surface area contributed by atoms with E-state index in [2.05, 4.69) is 31.2 Å². The van der Waals surface area contributed by atoms with E-state index in [4.69, 9.17) is 22.1 Å². The van der Waals surface area contributed by atoms with Crippen LogP contribution in [0.2, 0.25) is 5.02 Å². The van der Waals surface area contributed by atoms with Crippen molar-refractivity contribution in [2.24, 2.45) is 0 Å². The van der Waals surface area contributed by atoms with Crippen LogP contribution in [0.15, 0.2) is 28.7 Å². The number of benzene rings is 1. The fourth-order valence-corrected chi connectivity index (χ4v) is 2.06. The van der Waals surface area contributed by atoms with Crippen LogP contribution in [-0.2, 0) is 0 Å². The Hall–Kier alpha value is -1.53. The second-order valence-electron chi connectivity index (χ2n) is 3.40. The zero-order valence-corrected chi connectivity index (χ0v) is 11.8. The Kier molecular flexibility index (Phi) is 3.88. The third-order valence-electron chi connectivity index (χ3n) is 2.12. The molecule has 0 fully saturated rings. The molecule has 2 aromatic rings. The van der Waals surface area contributed by atoms with E-state index in [0.29, 0.717) is 16.7 Å². The first-order valence-corrected chi connectivity index (χ1v) is 6.16. The molecule has 0 amide bonds. The molecule has 1 aromatic heterocycles.